The zero-order valence-corrected chi connectivity index (χ0v) is 11.6. The summed E-state index contributed by atoms with van der Waals surface area (Å²) < 4.78 is 3.58. The first kappa shape index (κ1) is 10.4. The number of rotatable bonds is 2. The van der Waals surface area contributed by atoms with E-state index in [1.54, 1.807) is 17.7 Å². The van der Waals surface area contributed by atoms with E-state index < -0.39 is 23.2 Å². The van der Waals surface area contributed by atoms with Crippen molar-refractivity contribution in [3.8, 4) is 0 Å². The predicted molar refractivity (Wildman–Crippen MR) is 57.5 cm³/mol. The van der Waals surface area contributed by atoms with Gasteiger partial charge in [-0.1, -0.05) is 0 Å². The fraction of sp³-hybridized carbons (Fsp3) is 0.385. The van der Waals surface area contributed by atoms with Crippen molar-refractivity contribution in [2.24, 2.45) is 0 Å². The fourth-order valence-electron chi connectivity index (χ4n) is 1.89. The zero-order valence-electron chi connectivity index (χ0n) is 9.15. The van der Waals surface area contributed by atoms with Gasteiger partial charge in [0.1, 0.15) is 0 Å². The molecule has 14 heavy (non-hydrogen) atoms. The molecule has 2 aliphatic carbocycles. The second-order valence-corrected chi connectivity index (χ2v) is 7.67. The van der Waals surface area contributed by atoms with Crippen molar-refractivity contribution in [3.63, 3.8) is 0 Å². The van der Waals surface area contributed by atoms with Gasteiger partial charge in [0.25, 0.3) is 0 Å². The van der Waals surface area contributed by atoms with Gasteiger partial charge in [0.2, 0.25) is 0 Å². The standard InChI is InChI=1S/C7H9.C6H7.Zr/c1-6-4-3-5-7(6)2;1-6-4-2-3-5-6;/h4H,3H2,1-2H3;2,4H,3H2,1H3;. The Morgan fingerprint density at radius 2 is 1.86 bits per heavy atom. The average molecular weight is 263 g/mol. The van der Waals surface area contributed by atoms with Crippen molar-refractivity contribution in [3.05, 3.63) is 41.5 Å². The summed E-state index contributed by atoms with van der Waals surface area (Å²) in [6.07, 6.45) is 9.50. The third-order valence-electron chi connectivity index (χ3n) is 3.12. The molecule has 0 saturated heterocycles. The Morgan fingerprint density at radius 1 is 1.07 bits per heavy atom. The van der Waals surface area contributed by atoms with Crippen molar-refractivity contribution in [2.45, 2.75) is 33.6 Å². The quantitative estimate of drug-likeness (QED) is 0.708. The Morgan fingerprint density at radius 3 is 2.36 bits per heavy atom. The molecule has 0 N–H and O–H groups in total. The van der Waals surface area contributed by atoms with Gasteiger partial charge in [0.05, 0.1) is 0 Å². The van der Waals surface area contributed by atoms with Crippen LogP contribution < -0.4 is 0 Å². The van der Waals surface area contributed by atoms with Gasteiger partial charge in [-0.25, -0.2) is 0 Å². The molecule has 72 valence electrons. The van der Waals surface area contributed by atoms with Gasteiger partial charge < -0.3 is 0 Å². The molecular formula is C13H16Zr. The summed E-state index contributed by atoms with van der Waals surface area (Å²) >= 11 is -0.411. The van der Waals surface area contributed by atoms with E-state index in [9.17, 15) is 0 Å². The normalized spacial score (nSPS) is 20.9. The molecule has 0 aliphatic heterocycles. The van der Waals surface area contributed by atoms with Gasteiger partial charge in [-0.15, -0.1) is 0 Å². The molecule has 0 atom stereocenters. The molecule has 0 unspecified atom stereocenters. The molecule has 1 heteroatoms. The summed E-state index contributed by atoms with van der Waals surface area (Å²) in [4.78, 5) is 0. The molecule has 0 radical (unpaired) electrons. The van der Waals surface area contributed by atoms with Crippen molar-refractivity contribution in [1.29, 1.82) is 0 Å². The van der Waals surface area contributed by atoms with Crippen molar-refractivity contribution in [1.82, 2.24) is 0 Å². The van der Waals surface area contributed by atoms with E-state index in [0.29, 0.717) is 0 Å². The van der Waals surface area contributed by atoms with Crippen molar-refractivity contribution in [2.75, 3.05) is 0 Å². The Labute approximate surface area is 98.0 Å². The number of hydrogen-bond donors (Lipinski definition) is 0. The summed E-state index contributed by atoms with van der Waals surface area (Å²) in [5.41, 5.74) is 4.68. The molecular weight excluding hydrogens is 247 g/mol. The minimum absolute atomic E-state index is 0.411. The molecule has 0 heterocycles. The molecule has 0 bridgehead atoms. The fourth-order valence-corrected chi connectivity index (χ4v) is 5.46. The molecule has 0 spiro atoms. The van der Waals surface area contributed by atoms with E-state index in [1.807, 2.05) is 0 Å². The SMILES string of the molecule is CC1=CC[C]([Zr][C]2=C(C)C=CC2)=C1C. The molecule has 2 aliphatic rings. The van der Waals surface area contributed by atoms with Gasteiger partial charge in [-0.3, -0.25) is 0 Å². The minimum atomic E-state index is -0.411. The molecule has 0 aromatic carbocycles. The molecule has 0 amide bonds. The maximum absolute atomic E-state index is 2.39. The third-order valence-corrected chi connectivity index (χ3v) is 7.50. The second kappa shape index (κ2) is 4.15. The van der Waals surface area contributed by atoms with Crippen LogP contribution in [-0.2, 0) is 23.2 Å². The van der Waals surface area contributed by atoms with Crippen molar-refractivity contribution >= 4 is 0 Å². The first-order valence-corrected chi connectivity index (χ1v) is 7.64. The Balaban J connectivity index is 2.11. The van der Waals surface area contributed by atoms with Crippen LogP contribution in [0, 0.1) is 0 Å². The van der Waals surface area contributed by atoms with Crippen LogP contribution in [0.2, 0.25) is 0 Å². The molecule has 2 rings (SSSR count). The molecule has 0 fully saturated rings. The van der Waals surface area contributed by atoms with Crippen LogP contribution >= 0.6 is 0 Å². The Bertz CT molecular complexity index is 378. The Kier molecular flexibility index (Phi) is 3.07. The Hall–Kier alpha value is -0.157. The zero-order chi connectivity index (χ0) is 10.1. The van der Waals surface area contributed by atoms with Crippen LogP contribution in [0.1, 0.15) is 33.6 Å². The number of allylic oxidation sites excluding steroid dienone is 8. The summed E-state index contributed by atoms with van der Waals surface area (Å²) in [5.74, 6) is 0. The van der Waals surface area contributed by atoms with E-state index >= 15 is 0 Å². The molecule has 0 aromatic rings. The van der Waals surface area contributed by atoms with Crippen LogP contribution in [-0.4, -0.2) is 0 Å². The third kappa shape index (κ3) is 1.93. The molecule has 0 nitrogen and oxygen atoms in total. The predicted octanol–water partition coefficient (Wildman–Crippen LogP) is 3.93. The topological polar surface area (TPSA) is 0 Å². The number of hydrogen-bond acceptors (Lipinski definition) is 0. The van der Waals surface area contributed by atoms with E-state index in [2.05, 4.69) is 39.0 Å². The monoisotopic (exact) mass is 262 g/mol. The van der Waals surface area contributed by atoms with E-state index in [4.69, 9.17) is 0 Å². The van der Waals surface area contributed by atoms with Crippen LogP contribution in [0.4, 0.5) is 0 Å². The second-order valence-electron chi connectivity index (χ2n) is 4.09. The van der Waals surface area contributed by atoms with Crippen molar-refractivity contribution < 1.29 is 23.2 Å². The van der Waals surface area contributed by atoms with Crippen LogP contribution in [0.5, 0.6) is 0 Å². The van der Waals surface area contributed by atoms with Crippen LogP contribution in [0.3, 0.4) is 0 Å². The van der Waals surface area contributed by atoms with Gasteiger partial charge >= 0.3 is 98.4 Å². The van der Waals surface area contributed by atoms with E-state index in [1.165, 1.54) is 18.4 Å². The van der Waals surface area contributed by atoms with Crippen LogP contribution in [0.15, 0.2) is 41.5 Å². The first-order chi connectivity index (χ1) is 6.68. The first-order valence-electron chi connectivity index (χ1n) is 5.18. The van der Waals surface area contributed by atoms with Gasteiger partial charge in [-0.2, -0.15) is 0 Å². The molecule has 0 aromatic heterocycles. The van der Waals surface area contributed by atoms with Gasteiger partial charge in [0, 0.05) is 0 Å². The van der Waals surface area contributed by atoms with E-state index in [-0.39, 0.29) is 0 Å². The maximum atomic E-state index is 2.39. The summed E-state index contributed by atoms with van der Waals surface area (Å²) in [5, 5.41) is 0. The van der Waals surface area contributed by atoms with Gasteiger partial charge in [-0.05, 0) is 0 Å². The molecule has 0 saturated carbocycles. The summed E-state index contributed by atoms with van der Waals surface area (Å²) in [6.45, 7) is 6.81. The summed E-state index contributed by atoms with van der Waals surface area (Å²) in [6, 6.07) is 0. The van der Waals surface area contributed by atoms with Crippen LogP contribution in [0.25, 0.3) is 0 Å². The van der Waals surface area contributed by atoms with Gasteiger partial charge in [0.15, 0.2) is 0 Å². The summed E-state index contributed by atoms with van der Waals surface area (Å²) in [7, 11) is 0. The van der Waals surface area contributed by atoms with E-state index in [0.717, 1.165) is 0 Å². The average Bonchev–Trinajstić information content (AvgIpc) is 2.68.